The van der Waals surface area contributed by atoms with Crippen molar-refractivity contribution < 1.29 is 19.1 Å². The number of nitrogens with zero attached hydrogens (tertiary/aromatic N) is 2. The summed E-state index contributed by atoms with van der Waals surface area (Å²) < 4.78 is 11.3. The van der Waals surface area contributed by atoms with E-state index in [0.717, 1.165) is 16.9 Å². The molecule has 7 nitrogen and oxygen atoms in total. The third-order valence-corrected chi connectivity index (χ3v) is 5.40. The Morgan fingerprint density at radius 3 is 2.59 bits per heavy atom. The van der Waals surface area contributed by atoms with Crippen LogP contribution >= 0.6 is 0 Å². The molecule has 0 saturated heterocycles. The fraction of sp³-hybridized carbons (Fsp3) is 0.440. The monoisotopic (exact) mass is 439 g/mol. The molecule has 1 heterocycles. The number of rotatable bonds is 9. The highest BCUT2D eigenvalue weighted by Gasteiger charge is 2.34. The Kier molecular flexibility index (Phi) is 8.64. The number of ether oxygens (including phenoxy) is 2. The van der Waals surface area contributed by atoms with Gasteiger partial charge in [-0.2, -0.15) is 0 Å². The summed E-state index contributed by atoms with van der Waals surface area (Å²) in [6, 6.07) is 16.7. The molecule has 2 aromatic rings. The van der Waals surface area contributed by atoms with Gasteiger partial charge in [-0.05, 0) is 32.6 Å². The van der Waals surface area contributed by atoms with Crippen molar-refractivity contribution in [1.29, 1.82) is 0 Å². The topological polar surface area (TPSA) is 71.1 Å². The van der Waals surface area contributed by atoms with Crippen molar-refractivity contribution in [3.05, 3.63) is 65.7 Å². The number of benzene rings is 2. The van der Waals surface area contributed by atoms with Crippen LogP contribution in [0.15, 0.2) is 54.6 Å². The van der Waals surface area contributed by atoms with Gasteiger partial charge in [-0.3, -0.25) is 9.59 Å². The van der Waals surface area contributed by atoms with Crippen molar-refractivity contribution in [2.24, 2.45) is 0 Å². The number of para-hydroxylation sites is 1. The number of fused-ring (bicyclic) bond motifs is 1. The Labute approximate surface area is 190 Å². The van der Waals surface area contributed by atoms with E-state index < -0.39 is 6.04 Å². The van der Waals surface area contributed by atoms with Crippen LogP contribution in [-0.4, -0.2) is 74.2 Å². The van der Waals surface area contributed by atoms with Crippen molar-refractivity contribution in [3.63, 3.8) is 0 Å². The minimum Gasteiger partial charge on any atom is -0.491 e. The summed E-state index contributed by atoms with van der Waals surface area (Å²) in [6.07, 6.45) is 0.408. The summed E-state index contributed by atoms with van der Waals surface area (Å²) in [6.45, 7) is 3.69. The average molecular weight is 440 g/mol. The van der Waals surface area contributed by atoms with E-state index in [-0.39, 0.29) is 24.5 Å². The van der Waals surface area contributed by atoms with E-state index in [0.29, 0.717) is 32.7 Å². The lowest BCUT2D eigenvalue weighted by Gasteiger charge is -2.34. The van der Waals surface area contributed by atoms with Gasteiger partial charge in [-0.15, -0.1) is 0 Å². The van der Waals surface area contributed by atoms with E-state index in [1.165, 1.54) is 0 Å². The SMILES string of the molecule is CCOCC(=O)N[C@H](Cc1ccccc1)C(=O)N1Cc2ccccc2OC[C@@H]1CN(C)C. The lowest BCUT2D eigenvalue weighted by molar-refractivity contribution is -0.140. The minimum atomic E-state index is -0.694. The Morgan fingerprint density at radius 1 is 1.16 bits per heavy atom. The second kappa shape index (κ2) is 11.6. The number of carbonyl (C=O) groups excluding carboxylic acids is 2. The Bertz CT molecular complexity index is 888. The highest BCUT2D eigenvalue weighted by Crippen LogP contribution is 2.26. The van der Waals surface area contributed by atoms with E-state index in [1.807, 2.05) is 85.4 Å². The summed E-state index contributed by atoms with van der Waals surface area (Å²) in [5, 5.41) is 2.91. The zero-order chi connectivity index (χ0) is 22.9. The third-order valence-electron chi connectivity index (χ3n) is 5.40. The fourth-order valence-corrected chi connectivity index (χ4v) is 3.88. The first-order valence-corrected chi connectivity index (χ1v) is 11.0. The van der Waals surface area contributed by atoms with Gasteiger partial charge < -0.3 is 24.6 Å². The Hall–Kier alpha value is -2.90. The highest BCUT2D eigenvalue weighted by molar-refractivity contribution is 5.88. The molecule has 32 heavy (non-hydrogen) atoms. The molecule has 7 heteroatoms. The van der Waals surface area contributed by atoms with Gasteiger partial charge in [-0.1, -0.05) is 48.5 Å². The summed E-state index contributed by atoms with van der Waals surface area (Å²) in [4.78, 5) is 30.2. The molecule has 0 unspecified atom stereocenters. The molecule has 0 spiro atoms. The molecule has 1 aliphatic rings. The van der Waals surface area contributed by atoms with Crippen LogP contribution in [0.25, 0.3) is 0 Å². The second-order valence-electron chi connectivity index (χ2n) is 8.25. The van der Waals surface area contributed by atoms with Crippen LogP contribution in [-0.2, 0) is 27.3 Å². The largest absolute Gasteiger partial charge is 0.491 e. The summed E-state index contributed by atoms with van der Waals surface area (Å²) in [5.74, 6) is 0.383. The molecule has 2 atom stereocenters. The van der Waals surface area contributed by atoms with Crippen LogP contribution in [0.3, 0.4) is 0 Å². The van der Waals surface area contributed by atoms with Gasteiger partial charge >= 0.3 is 0 Å². The van der Waals surface area contributed by atoms with Crippen molar-refractivity contribution in [1.82, 2.24) is 15.1 Å². The van der Waals surface area contributed by atoms with Gasteiger partial charge in [0.15, 0.2) is 0 Å². The molecule has 172 valence electrons. The van der Waals surface area contributed by atoms with E-state index >= 15 is 0 Å². The Balaban J connectivity index is 1.88. The van der Waals surface area contributed by atoms with E-state index in [4.69, 9.17) is 9.47 Å². The molecule has 0 aliphatic carbocycles. The zero-order valence-corrected chi connectivity index (χ0v) is 19.1. The summed E-state index contributed by atoms with van der Waals surface area (Å²) in [7, 11) is 3.96. The normalized spacial score (nSPS) is 16.6. The molecular formula is C25H33N3O4. The van der Waals surface area contributed by atoms with E-state index in [2.05, 4.69) is 5.32 Å². The number of nitrogens with one attached hydrogen (secondary N) is 1. The van der Waals surface area contributed by atoms with E-state index in [9.17, 15) is 9.59 Å². The number of carbonyl (C=O) groups is 2. The molecule has 0 aromatic heterocycles. The average Bonchev–Trinajstić information content (AvgIpc) is 2.97. The van der Waals surface area contributed by atoms with Gasteiger partial charge in [0.1, 0.15) is 25.0 Å². The maximum Gasteiger partial charge on any atom is 0.246 e. The number of hydrogen-bond donors (Lipinski definition) is 1. The van der Waals surface area contributed by atoms with Gasteiger partial charge in [0.25, 0.3) is 0 Å². The first kappa shape index (κ1) is 23.8. The fourth-order valence-electron chi connectivity index (χ4n) is 3.88. The molecule has 1 aliphatic heterocycles. The van der Waals surface area contributed by atoms with Crippen molar-refractivity contribution in [2.75, 3.05) is 40.5 Å². The van der Waals surface area contributed by atoms with Crippen molar-refractivity contribution >= 4 is 11.8 Å². The summed E-state index contributed by atoms with van der Waals surface area (Å²) >= 11 is 0. The highest BCUT2D eigenvalue weighted by atomic mass is 16.5. The quantitative estimate of drug-likeness (QED) is 0.648. The first-order valence-electron chi connectivity index (χ1n) is 11.0. The molecule has 0 bridgehead atoms. The van der Waals surface area contributed by atoms with Crippen LogP contribution in [0, 0.1) is 0 Å². The molecule has 3 rings (SSSR count). The molecule has 0 saturated carbocycles. The van der Waals surface area contributed by atoms with Crippen LogP contribution in [0.5, 0.6) is 5.75 Å². The second-order valence-corrected chi connectivity index (χ2v) is 8.25. The van der Waals surface area contributed by atoms with Crippen molar-refractivity contribution in [2.45, 2.75) is 32.0 Å². The molecule has 0 radical (unpaired) electrons. The standard InChI is InChI=1S/C25H33N3O4/c1-4-31-18-24(29)26-22(14-19-10-6-5-7-11-19)25(30)28-15-20-12-8-9-13-23(20)32-17-21(28)16-27(2)3/h5-13,21-22H,4,14-18H2,1-3H3,(H,26,29)/t21-,22+/m0/s1. The predicted octanol–water partition coefficient (Wildman–Crippen LogP) is 2.10. The zero-order valence-electron chi connectivity index (χ0n) is 19.1. The van der Waals surface area contributed by atoms with Crippen LogP contribution < -0.4 is 10.1 Å². The first-order chi connectivity index (χ1) is 15.5. The van der Waals surface area contributed by atoms with Gasteiger partial charge in [0.05, 0.1) is 6.04 Å². The molecule has 2 amide bonds. The number of likely N-dealkylation sites (N-methyl/N-ethyl adjacent to an activating group) is 1. The van der Waals surface area contributed by atoms with Crippen LogP contribution in [0.1, 0.15) is 18.1 Å². The van der Waals surface area contributed by atoms with Gasteiger partial charge in [0.2, 0.25) is 11.8 Å². The lowest BCUT2D eigenvalue weighted by atomic mass is 10.0. The Morgan fingerprint density at radius 2 is 1.88 bits per heavy atom. The van der Waals surface area contributed by atoms with Gasteiger partial charge in [-0.25, -0.2) is 0 Å². The lowest BCUT2D eigenvalue weighted by Crippen LogP contribution is -2.55. The molecular weight excluding hydrogens is 406 g/mol. The minimum absolute atomic E-state index is 0.0673. The smallest absolute Gasteiger partial charge is 0.246 e. The molecule has 1 N–H and O–H groups in total. The third kappa shape index (κ3) is 6.55. The number of amides is 2. The van der Waals surface area contributed by atoms with Crippen molar-refractivity contribution in [3.8, 4) is 5.75 Å². The molecule has 0 fully saturated rings. The van der Waals surface area contributed by atoms with E-state index in [1.54, 1.807) is 0 Å². The van der Waals surface area contributed by atoms with Gasteiger partial charge in [0, 0.05) is 31.7 Å². The maximum absolute atomic E-state index is 13.9. The predicted molar refractivity (Wildman–Crippen MR) is 123 cm³/mol. The van der Waals surface area contributed by atoms with Crippen LogP contribution in [0.2, 0.25) is 0 Å². The number of hydrogen-bond acceptors (Lipinski definition) is 5. The van der Waals surface area contributed by atoms with Crippen LogP contribution in [0.4, 0.5) is 0 Å². The summed E-state index contributed by atoms with van der Waals surface area (Å²) in [5.41, 5.74) is 1.94. The molecule has 2 aromatic carbocycles. The maximum atomic E-state index is 13.9.